The molecule has 8 nitrogen and oxygen atoms in total. The molecule has 1 fully saturated rings. The molecule has 4 heterocycles. The van der Waals surface area contributed by atoms with E-state index in [0.29, 0.717) is 73.9 Å². The highest BCUT2D eigenvalue weighted by atomic mass is 19.1. The molecule has 1 amide bonds. The number of hydrogen-bond donors (Lipinski definition) is 2. The van der Waals surface area contributed by atoms with Crippen molar-refractivity contribution in [1.29, 1.82) is 0 Å². The van der Waals surface area contributed by atoms with Gasteiger partial charge in [-0.3, -0.25) is 9.78 Å². The number of aliphatic hydroxyl groups is 1. The van der Waals surface area contributed by atoms with Crippen LogP contribution in [0.2, 0.25) is 0 Å². The summed E-state index contributed by atoms with van der Waals surface area (Å²) >= 11 is 0. The van der Waals surface area contributed by atoms with Crippen LogP contribution in [0, 0.1) is 17.6 Å². The van der Waals surface area contributed by atoms with Crippen molar-refractivity contribution in [2.24, 2.45) is 5.92 Å². The van der Waals surface area contributed by atoms with Crippen LogP contribution in [0.25, 0.3) is 22.2 Å². The lowest BCUT2D eigenvalue weighted by atomic mass is 9.77. The molecule has 2 atom stereocenters. The Labute approximate surface area is 260 Å². The van der Waals surface area contributed by atoms with Crippen molar-refractivity contribution in [3.8, 4) is 11.3 Å². The number of alkyl halides is 1. The molecule has 1 aromatic carbocycles. The van der Waals surface area contributed by atoms with E-state index in [-0.39, 0.29) is 35.2 Å². The molecule has 2 N–H and O–H groups in total. The van der Waals surface area contributed by atoms with Crippen LogP contribution in [-0.4, -0.2) is 67.5 Å². The maximum absolute atomic E-state index is 15.5. The predicted octanol–water partition coefficient (Wildman–Crippen LogP) is 5.54. The molecule has 4 aromatic rings. The van der Waals surface area contributed by atoms with Crippen molar-refractivity contribution < 1.29 is 23.1 Å². The van der Waals surface area contributed by atoms with Crippen LogP contribution < -0.4 is 5.32 Å². The van der Waals surface area contributed by atoms with Gasteiger partial charge in [0.25, 0.3) is 5.91 Å². The molecule has 0 spiro atoms. The molecule has 0 unspecified atom stereocenters. The Morgan fingerprint density at radius 3 is 2.62 bits per heavy atom. The number of carbonyl (C=O) groups excluding carboxylic acids is 1. The quantitative estimate of drug-likeness (QED) is 0.267. The van der Waals surface area contributed by atoms with Crippen LogP contribution in [0.4, 0.5) is 13.2 Å². The molecule has 0 saturated carbocycles. The first kappa shape index (κ1) is 31.0. The van der Waals surface area contributed by atoms with E-state index in [2.05, 4.69) is 30.4 Å². The number of piperidine rings is 1. The molecule has 3 aromatic heterocycles. The minimum Gasteiger partial charge on any atom is -0.393 e. The van der Waals surface area contributed by atoms with Gasteiger partial charge in [0.15, 0.2) is 0 Å². The predicted molar refractivity (Wildman–Crippen MR) is 164 cm³/mol. The maximum Gasteiger partial charge on any atom is 0.251 e. The molecule has 45 heavy (non-hydrogen) atoms. The number of nitrogens with one attached hydrogen (secondary N) is 1. The lowest BCUT2D eigenvalue weighted by molar-refractivity contribution is 0.0794. The van der Waals surface area contributed by atoms with Gasteiger partial charge in [0.2, 0.25) is 0 Å². The summed E-state index contributed by atoms with van der Waals surface area (Å²) in [5.74, 6) is -1.90. The second-order valence-electron chi connectivity index (χ2n) is 12.6. The van der Waals surface area contributed by atoms with Gasteiger partial charge < -0.3 is 15.3 Å². The Bertz CT molecular complexity index is 1700. The summed E-state index contributed by atoms with van der Waals surface area (Å²) in [6, 6.07) is 6.82. The molecule has 0 bridgehead atoms. The Morgan fingerprint density at radius 1 is 1.11 bits per heavy atom. The highest BCUT2D eigenvalue weighted by Gasteiger charge is 2.38. The van der Waals surface area contributed by atoms with Gasteiger partial charge in [-0.25, -0.2) is 18.2 Å². The van der Waals surface area contributed by atoms with Gasteiger partial charge >= 0.3 is 0 Å². The summed E-state index contributed by atoms with van der Waals surface area (Å²) < 4.78 is 46.2. The first-order valence-electron chi connectivity index (χ1n) is 15.5. The van der Waals surface area contributed by atoms with E-state index < -0.39 is 29.3 Å². The number of aromatic nitrogens is 4. The van der Waals surface area contributed by atoms with Gasteiger partial charge in [0.1, 0.15) is 28.5 Å². The normalized spacial score (nSPS) is 19.9. The SMILES string of the molecule is CC(C)[C@]1(F)CCc2nc3c(F)cc(C(=O)N[C@H](CCN4CCC(O)CC4)c4cnc(-c5ccnnc5)c(F)c4)cc3cc2C1. The lowest BCUT2D eigenvalue weighted by Crippen LogP contribution is -2.38. The van der Waals surface area contributed by atoms with E-state index in [1.165, 1.54) is 24.7 Å². The fourth-order valence-electron chi connectivity index (χ4n) is 6.36. The molecule has 1 saturated heterocycles. The zero-order valence-corrected chi connectivity index (χ0v) is 25.4. The molecule has 1 aliphatic heterocycles. The minimum atomic E-state index is -1.36. The second-order valence-corrected chi connectivity index (χ2v) is 12.6. The van der Waals surface area contributed by atoms with Gasteiger partial charge in [-0.15, -0.1) is 0 Å². The van der Waals surface area contributed by atoms with Crippen LogP contribution in [0.3, 0.4) is 0 Å². The van der Waals surface area contributed by atoms with E-state index in [1.54, 1.807) is 18.2 Å². The fraction of sp³-hybridized carbons (Fsp3) is 0.441. The number of halogens is 3. The largest absolute Gasteiger partial charge is 0.393 e. The Hall–Kier alpha value is -3.96. The van der Waals surface area contributed by atoms with Crippen molar-refractivity contribution in [1.82, 2.24) is 30.4 Å². The number of amides is 1. The first-order chi connectivity index (χ1) is 21.6. The minimum absolute atomic E-state index is 0.0898. The van der Waals surface area contributed by atoms with Crippen LogP contribution >= 0.6 is 0 Å². The number of aryl methyl sites for hydroxylation is 1. The van der Waals surface area contributed by atoms with Crippen LogP contribution in [0.1, 0.15) is 72.8 Å². The fourth-order valence-corrected chi connectivity index (χ4v) is 6.36. The number of hydrogen-bond acceptors (Lipinski definition) is 7. The van der Waals surface area contributed by atoms with Gasteiger partial charge in [-0.05, 0) is 79.5 Å². The Morgan fingerprint density at radius 2 is 1.91 bits per heavy atom. The number of pyridine rings is 2. The summed E-state index contributed by atoms with van der Waals surface area (Å²) in [5.41, 5.74) is 1.37. The molecule has 2 aliphatic rings. The molecular weight excluding hydrogens is 581 g/mol. The van der Waals surface area contributed by atoms with E-state index in [0.717, 1.165) is 11.6 Å². The average Bonchev–Trinajstić information content (AvgIpc) is 3.03. The smallest absolute Gasteiger partial charge is 0.251 e. The number of aliphatic hydroxyl groups excluding tert-OH is 1. The third-order valence-electron chi connectivity index (χ3n) is 9.32. The van der Waals surface area contributed by atoms with Crippen LogP contribution in [-0.2, 0) is 12.8 Å². The Kier molecular flexibility index (Phi) is 8.83. The summed E-state index contributed by atoms with van der Waals surface area (Å²) in [6.45, 7) is 5.74. The lowest BCUT2D eigenvalue weighted by Gasteiger charge is -2.34. The molecule has 6 rings (SSSR count). The van der Waals surface area contributed by atoms with E-state index in [9.17, 15) is 9.90 Å². The summed E-state index contributed by atoms with van der Waals surface area (Å²) in [5, 5.41) is 20.8. The molecular formula is C34H37F3N6O2. The van der Waals surface area contributed by atoms with Crippen LogP contribution in [0.15, 0.2) is 48.9 Å². The highest BCUT2D eigenvalue weighted by molar-refractivity contribution is 5.98. The highest BCUT2D eigenvalue weighted by Crippen LogP contribution is 2.38. The number of carbonyl (C=O) groups is 1. The van der Waals surface area contributed by atoms with Gasteiger partial charge in [0.05, 0.1) is 24.5 Å². The number of fused-ring (bicyclic) bond motifs is 2. The molecule has 0 radical (unpaired) electrons. The van der Waals surface area contributed by atoms with E-state index in [4.69, 9.17) is 0 Å². The van der Waals surface area contributed by atoms with Crippen molar-refractivity contribution in [3.63, 3.8) is 0 Å². The standard InChI is InChI=1S/C34H37F3N6O2/c1-20(2)34(37)8-3-29-24(17-34)14-22-13-23(15-28(36)32(22)41-29)33(45)42-30(7-12-43-10-5-26(44)6-11-43)25-16-27(35)31(38-18-25)21-4-9-39-40-19-21/h4,9,13-16,18-20,26,30,44H,3,5-8,10-12,17H2,1-2H3,(H,42,45)/t30-,34+/m1/s1. The summed E-state index contributed by atoms with van der Waals surface area (Å²) in [6.07, 6.45) is 6.82. The monoisotopic (exact) mass is 618 g/mol. The van der Waals surface area contributed by atoms with Crippen LogP contribution in [0.5, 0.6) is 0 Å². The number of rotatable bonds is 8. The van der Waals surface area contributed by atoms with Crippen molar-refractivity contribution in [2.75, 3.05) is 19.6 Å². The molecule has 236 valence electrons. The second kappa shape index (κ2) is 12.8. The van der Waals surface area contributed by atoms with Gasteiger partial charge in [0, 0.05) is 54.5 Å². The molecule has 11 heteroatoms. The maximum atomic E-state index is 15.5. The topological polar surface area (TPSA) is 104 Å². The zero-order valence-electron chi connectivity index (χ0n) is 25.4. The zero-order chi connectivity index (χ0) is 31.7. The third kappa shape index (κ3) is 6.69. The van der Waals surface area contributed by atoms with Crippen molar-refractivity contribution in [3.05, 3.63) is 82.9 Å². The summed E-state index contributed by atoms with van der Waals surface area (Å²) in [4.78, 5) is 24.7. The van der Waals surface area contributed by atoms with E-state index in [1.807, 2.05) is 13.8 Å². The van der Waals surface area contributed by atoms with Crippen molar-refractivity contribution in [2.45, 2.75) is 70.2 Å². The average molecular weight is 619 g/mol. The van der Waals surface area contributed by atoms with E-state index >= 15 is 13.2 Å². The van der Waals surface area contributed by atoms with Gasteiger partial charge in [-0.2, -0.15) is 10.2 Å². The summed E-state index contributed by atoms with van der Waals surface area (Å²) in [7, 11) is 0. The third-order valence-corrected chi connectivity index (χ3v) is 9.32. The van der Waals surface area contributed by atoms with Crippen molar-refractivity contribution >= 4 is 16.8 Å². The number of nitrogens with zero attached hydrogens (tertiary/aromatic N) is 5. The van der Waals surface area contributed by atoms with Gasteiger partial charge in [-0.1, -0.05) is 13.8 Å². The number of likely N-dealkylation sites (tertiary alicyclic amines) is 1. The first-order valence-corrected chi connectivity index (χ1v) is 15.5. The number of benzene rings is 1. The molecule has 1 aliphatic carbocycles. The Balaban J connectivity index is 1.28.